The SMILES string of the molecule is S=C(NC[C@@H]1CCCO1)N/N=C\c1ccc2c(c1)OCCO2. The Bertz CT molecular complexity index is 559. The fourth-order valence-electron chi connectivity index (χ4n) is 2.36. The molecule has 1 saturated heterocycles. The number of hydrogen-bond acceptors (Lipinski definition) is 5. The molecule has 1 fully saturated rings. The summed E-state index contributed by atoms with van der Waals surface area (Å²) in [6.45, 7) is 2.72. The molecule has 2 aliphatic rings. The molecular weight excluding hydrogens is 302 g/mol. The van der Waals surface area contributed by atoms with Crippen LogP contribution in [-0.4, -0.2) is 43.8 Å². The van der Waals surface area contributed by atoms with E-state index in [1.165, 1.54) is 0 Å². The lowest BCUT2D eigenvalue weighted by atomic mass is 10.2. The summed E-state index contributed by atoms with van der Waals surface area (Å²) in [6.07, 6.45) is 4.14. The number of nitrogens with one attached hydrogen (secondary N) is 2. The van der Waals surface area contributed by atoms with Gasteiger partial charge in [-0.15, -0.1) is 0 Å². The molecular formula is C15H19N3O3S. The molecule has 0 aliphatic carbocycles. The molecule has 2 aliphatic heterocycles. The van der Waals surface area contributed by atoms with Gasteiger partial charge < -0.3 is 19.5 Å². The van der Waals surface area contributed by atoms with Crippen LogP contribution in [0.3, 0.4) is 0 Å². The average molecular weight is 321 g/mol. The molecule has 0 radical (unpaired) electrons. The van der Waals surface area contributed by atoms with E-state index in [0.29, 0.717) is 24.9 Å². The van der Waals surface area contributed by atoms with Gasteiger partial charge in [-0.3, -0.25) is 5.43 Å². The molecule has 1 atom stereocenters. The Balaban J connectivity index is 1.46. The second-order valence-corrected chi connectivity index (χ2v) is 5.53. The Morgan fingerprint density at radius 2 is 2.14 bits per heavy atom. The van der Waals surface area contributed by atoms with Gasteiger partial charge in [-0.1, -0.05) is 0 Å². The van der Waals surface area contributed by atoms with Crippen LogP contribution in [0.25, 0.3) is 0 Å². The fourth-order valence-corrected chi connectivity index (χ4v) is 2.49. The first-order valence-electron chi connectivity index (χ1n) is 7.39. The van der Waals surface area contributed by atoms with E-state index in [0.717, 1.165) is 36.5 Å². The predicted octanol–water partition coefficient (Wildman–Crippen LogP) is 1.43. The first-order chi connectivity index (χ1) is 10.8. The van der Waals surface area contributed by atoms with E-state index in [4.69, 9.17) is 26.4 Å². The third-order valence-electron chi connectivity index (χ3n) is 3.46. The first-order valence-corrected chi connectivity index (χ1v) is 7.80. The molecule has 1 aromatic rings. The zero-order chi connectivity index (χ0) is 15.2. The van der Waals surface area contributed by atoms with Crippen LogP contribution in [0.1, 0.15) is 18.4 Å². The van der Waals surface area contributed by atoms with Crippen LogP contribution in [0.2, 0.25) is 0 Å². The predicted molar refractivity (Wildman–Crippen MR) is 87.7 cm³/mol. The molecule has 0 spiro atoms. The molecule has 0 bridgehead atoms. The van der Waals surface area contributed by atoms with Crippen LogP contribution in [0.4, 0.5) is 0 Å². The number of hydrogen-bond donors (Lipinski definition) is 2. The van der Waals surface area contributed by atoms with Crippen molar-refractivity contribution in [3.8, 4) is 11.5 Å². The highest BCUT2D eigenvalue weighted by Crippen LogP contribution is 2.30. The monoisotopic (exact) mass is 321 g/mol. The van der Waals surface area contributed by atoms with Gasteiger partial charge in [-0.05, 0) is 48.8 Å². The largest absolute Gasteiger partial charge is 0.486 e. The third-order valence-corrected chi connectivity index (χ3v) is 3.70. The van der Waals surface area contributed by atoms with Crippen molar-refractivity contribution < 1.29 is 14.2 Å². The van der Waals surface area contributed by atoms with Crippen molar-refractivity contribution in [2.75, 3.05) is 26.4 Å². The topological polar surface area (TPSA) is 64.1 Å². The molecule has 2 N–H and O–H groups in total. The molecule has 22 heavy (non-hydrogen) atoms. The summed E-state index contributed by atoms with van der Waals surface area (Å²) in [5.41, 5.74) is 3.71. The lowest BCUT2D eigenvalue weighted by Gasteiger charge is -2.18. The maximum atomic E-state index is 5.53. The number of thiocarbonyl (C=S) groups is 1. The highest BCUT2D eigenvalue weighted by atomic mass is 32.1. The molecule has 0 unspecified atom stereocenters. The van der Waals surface area contributed by atoms with Gasteiger partial charge >= 0.3 is 0 Å². The van der Waals surface area contributed by atoms with E-state index < -0.39 is 0 Å². The Hall–Kier alpha value is -1.86. The highest BCUT2D eigenvalue weighted by Gasteiger charge is 2.15. The molecule has 0 amide bonds. The van der Waals surface area contributed by atoms with E-state index in [1.807, 2.05) is 18.2 Å². The van der Waals surface area contributed by atoms with Crippen molar-refractivity contribution in [2.24, 2.45) is 5.10 Å². The number of hydrazone groups is 1. The normalized spacial score (nSPS) is 20.1. The van der Waals surface area contributed by atoms with Crippen LogP contribution in [-0.2, 0) is 4.74 Å². The van der Waals surface area contributed by atoms with Crippen molar-refractivity contribution in [3.63, 3.8) is 0 Å². The van der Waals surface area contributed by atoms with E-state index in [9.17, 15) is 0 Å². The van der Waals surface area contributed by atoms with Gasteiger partial charge in [0.25, 0.3) is 0 Å². The van der Waals surface area contributed by atoms with E-state index in [1.54, 1.807) is 6.21 Å². The number of nitrogens with zero attached hydrogens (tertiary/aromatic N) is 1. The van der Waals surface area contributed by atoms with Gasteiger partial charge in [0.1, 0.15) is 13.2 Å². The Morgan fingerprint density at radius 3 is 2.95 bits per heavy atom. The standard InChI is InChI=1S/C15H19N3O3S/c22-15(16-10-12-2-1-5-19-12)18-17-9-11-3-4-13-14(8-11)21-7-6-20-13/h3-4,8-9,12H,1-2,5-7,10H2,(H2,16,18,22)/b17-9-/t12-/m0/s1. The van der Waals surface area contributed by atoms with Crippen LogP contribution in [0.15, 0.2) is 23.3 Å². The molecule has 0 aromatic heterocycles. The molecule has 7 heteroatoms. The summed E-state index contributed by atoms with van der Waals surface area (Å²) in [5, 5.41) is 7.71. The summed E-state index contributed by atoms with van der Waals surface area (Å²) in [4.78, 5) is 0. The number of ether oxygens (including phenoxy) is 3. The summed E-state index contributed by atoms with van der Waals surface area (Å²) in [6, 6.07) is 5.69. The minimum absolute atomic E-state index is 0.251. The average Bonchev–Trinajstić information content (AvgIpc) is 3.06. The van der Waals surface area contributed by atoms with Crippen LogP contribution in [0.5, 0.6) is 11.5 Å². The first kappa shape index (κ1) is 15.1. The van der Waals surface area contributed by atoms with E-state index >= 15 is 0 Å². The fraction of sp³-hybridized carbons (Fsp3) is 0.467. The van der Waals surface area contributed by atoms with Gasteiger partial charge in [0.2, 0.25) is 0 Å². The van der Waals surface area contributed by atoms with Crippen LogP contribution in [0, 0.1) is 0 Å². The van der Waals surface area contributed by atoms with E-state index in [2.05, 4.69) is 15.8 Å². The van der Waals surface area contributed by atoms with Gasteiger partial charge in [0.05, 0.1) is 12.3 Å². The van der Waals surface area contributed by atoms with Crippen molar-refractivity contribution in [2.45, 2.75) is 18.9 Å². The van der Waals surface area contributed by atoms with Crippen LogP contribution >= 0.6 is 12.2 Å². The molecule has 118 valence electrons. The minimum atomic E-state index is 0.251. The maximum absolute atomic E-state index is 5.53. The minimum Gasteiger partial charge on any atom is -0.486 e. The zero-order valence-corrected chi connectivity index (χ0v) is 13.0. The second kappa shape index (κ2) is 7.42. The zero-order valence-electron chi connectivity index (χ0n) is 12.2. The van der Waals surface area contributed by atoms with Crippen molar-refractivity contribution in [1.82, 2.24) is 10.7 Å². The van der Waals surface area contributed by atoms with Gasteiger partial charge in [0.15, 0.2) is 16.6 Å². The van der Waals surface area contributed by atoms with Gasteiger partial charge in [0, 0.05) is 13.2 Å². The second-order valence-electron chi connectivity index (χ2n) is 5.12. The van der Waals surface area contributed by atoms with Crippen molar-refractivity contribution in [1.29, 1.82) is 0 Å². The lowest BCUT2D eigenvalue weighted by molar-refractivity contribution is 0.114. The number of benzene rings is 1. The smallest absolute Gasteiger partial charge is 0.187 e. The molecule has 0 saturated carbocycles. The molecule has 1 aromatic carbocycles. The van der Waals surface area contributed by atoms with Crippen LogP contribution < -0.4 is 20.2 Å². The summed E-state index contributed by atoms with van der Waals surface area (Å²) in [5.74, 6) is 1.51. The molecule has 6 nitrogen and oxygen atoms in total. The third kappa shape index (κ3) is 4.08. The van der Waals surface area contributed by atoms with Gasteiger partial charge in [-0.25, -0.2) is 0 Å². The molecule has 2 heterocycles. The Labute approximate surface area is 134 Å². The Kier molecular flexibility index (Phi) is 5.07. The maximum Gasteiger partial charge on any atom is 0.187 e. The van der Waals surface area contributed by atoms with E-state index in [-0.39, 0.29) is 6.10 Å². The van der Waals surface area contributed by atoms with Crippen molar-refractivity contribution in [3.05, 3.63) is 23.8 Å². The summed E-state index contributed by atoms with van der Waals surface area (Å²) in [7, 11) is 0. The summed E-state index contributed by atoms with van der Waals surface area (Å²) >= 11 is 5.17. The number of rotatable bonds is 4. The highest BCUT2D eigenvalue weighted by molar-refractivity contribution is 7.80. The quantitative estimate of drug-likeness (QED) is 0.497. The van der Waals surface area contributed by atoms with Crippen molar-refractivity contribution >= 4 is 23.5 Å². The van der Waals surface area contributed by atoms with Gasteiger partial charge in [-0.2, -0.15) is 5.10 Å². The number of fused-ring (bicyclic) bond motifs is 1. The summed E-state index contributed by atoms with van der Waals surface area (Å²) < 4.78 is 16.5. The lowest BCUT2D eigenvalue weighted by Crippen LogP contribution is -2.37. The molecule has 3 rings (SSSR count). The Morgan fingerprint density at radius 1 is 1.27 bits per heavy atom.